The van der Waals surface area contributed by atoms with Crippen molar-refractivity contribution in [3.8, 4) is 5.75 Å². The van der Waals surface area contributed by atoms with Gasteiger partial charge in [-0.05, 0) is 38.0 Å². The van der Waals surface area contributed by atoms with E-state index in [1.54, 1.807) is 6.07 Å². The van der Waals surface area contributed by atoms with Crippen LogP contribution in [0.25, 0.3) is 0 Å². The zero-order valence-corrected chi connectivity index (χ0v) is 15.8. The Morgan fingerprint density at radius 2 is 2.08 bits per heavy atom. The van der Waals surface area contributed by atoms with E-state index in [4.69, 9.17) is 38.4 Å². The number of benzene rings is 1. The van der Waals surface area contributed by atoms with Gasteiger partial charge >= 0.3 is 5.97 Å². The van der Waals surface area contributed by atoms with Crippen LogP contribution in [0.2, 0.25) is 10.0 Å². The van der Waals surface area contributed by atoms with Crippen molar-refractivity contribution in [3.63, 3.8) is 0 Å². The Balaban J connectivity index is 1.83. The van der Waals surface area contributed by atoms with Gasteiger partial charge in [-0.3, -0.25) is 9.59 Å². The number of piperidine rings is 1. The SMILES string of the molecule is C[C@@H](Oc1ccc(Cl)cc1Cl)C(=O)OCC(=O)N1CCC[C@H](C(N)=O)C1. The number of nitrogens with zero attached hydrogens (tertiary/aromatic N) is 1. The van der Waals surface area contributed by atoms with Gasteiger partial charge < -0.3 is 20.1 Å². The summed E-state index contributed by atoms with van der Waals surface area (Å²) >= 11 is 11.8. The van der Waals surface area contributed by atoms with Crippen LogP contribution in [-0.2, 0) is 19.1 Å². The summed E-state index contributed by atoms with van der Waals surface area (Å²) in [6, 6.07) is 4.61. The van der Waals surface area contributed by atoms with Gasteiger partial charge in [-0.25, -0.2) is 4.79 Å². The molecule has 1 aliphatic rings. The van der Waals surface area contributed by atoms with Crippen LogP contribution in [0.1, 0.15) is 19.8 Å². The number of rotatable bonds is 6. The standard InChI is InChI=1S/C17H20Cl2N2O5/c1-10(26-14-5-4-12(18)7-13(14)19)17(24)25-9-15(22)21-6-2-3-11(8-21)16(20)23/h4-5,7,10-11H,2-3,6,8-9H2,1H3,(H2,20,23)/t10-,11+/m1/s1. The van der Waals surface area contributed by atoms with Crippen molar-refractivity contribution in [1.29, 1.82) is 0 Å². The fourth-order valence-electron chi connectivity index (χ4n) is 2.59. The predicted molar refractivity (Wildman–Crippen MR) is 96.0 cm³/mol. The fraction of sp³-hybridized carbons (Fsp3) is 0.471. The van der Waals surface area contributed by atoms with Gasteiger partial charge in [0, 0.05) is 18.1 Å². The predicted octanol–water partition coefficient (Wildman–Crippen LogP) is 2.03. The van der Waals surface area contributed by atoms with E-state index < -0.39 is 24.6 Å². The maximum atomic E-state index is 12.2. The first-order chi connectivity index (χ1) is 12.3. The van der Waals surface area contributed by atoms with E-state index in [0.29, 0.717) is 24.4 Å². The van der Waals surface area contributed by atoms with Crippen LogP contribution in [0.4, 0.5) is 0 Å². The summed E-state index contributed by atoms with van der Waals surface area (Å²) in [5, 5.41) is 0.706. The monoisotopic (exact) mass is 402 g/mol. The molecule has 0 saturated carbocycles. The Morgan fingerprint density at radius 3 is 2.73 bits per heavy atom. The summed E-state index contributed by atoms with van der Waals surface area (Å²) in [7, 11) is 0. The first-order valence-electron chi connectivity index (χ1n) is 8.13. The van der Waals surface area contributed by atoms with E-state index in [-0.39, 0.29) is 29.1 Å². The Labute approximate surface area is 161 Å². The van der Waals surface area contributed by atoms with Gasteiger partial charge in [0.15, 0.2) is 12.7 Å². The molecule has 0 unspecified atom stereocenters. The number of ether oxygens (including phenoxy) is 2. The molecule has 1 aromatic rings. The molecule has 0 spiro atoms. The summed E-state index contributed by atoms with van der Waals surface area (Å²) < 4.78 is 10.4. The van der Waals surface area contributed by atoms with Crippen molar-refractivity contribution in [1.82, 2.24) is 4.90 Å². The van der Waals surface area contributed by atoms with Gasteiger partial charge in [0.1, 0.15) is 5.75 Å². The van der Waals surface area contributed by atoms with Crippen LogP contribution in [0, 0.1) is 5.92 Å². The number of esters is 1. The van der Waals surface area contributed by atoms with Gasteiger partial charge in [-0.1, -0.05) is 23.2 Å². The molecular weight excluding hydrogens is 383 g/mol. The van der Waals surface area contributed by atoms with Crippen LogP contribution in [-0.4, -0.2) is 48.5 Å². The lowest BCUT2D eigenvalue weighted by Gasteiger charge is -2.31. The van der Waals surface area contributed by atoms with E-state index in [9.17, 15) is 14.4 Å². The highest BCUT2D eigenvalue weighted by Gasteiger charge is 2.28. The van der Waals surface area contributed by atoms with E-state index >= 15 is 0 Å². The van der Waals surface area contributed by atoms with E-state index in [0.717, 1.165) is 0 Å². The molecule has 2 N–H and O–H groups in total. The van der Waals surface area contributed by atoms with E-state index in [2.05, 4.69) is 0 Å². The van der Waals surface area contributed by atoms with Crippen LogP contribution >= 0.6 is 23.2 Å². The van der Waals surface area contributed by atoms with Crippen molar-refractivity contribution in [2.45, 2.75) is 25.9 Å². The van der Waals surface area contributed by atoms with E-state index in [1.807, 2.05) is 0 Å². The van der Waals surface area contributed by atoms with Crippen molar-refractivity contribution < 1.29 is 23.9 Å². The largest absolute Gasteiger partial charge is 0.477 e. The first kappa shape index (κ1) is 20.3. The number of primary amides is 1. The normalized spacial score (nSPS) is 18.1. The smallest absolute Gasteiger partial charge is 0.347 e. The highest BCUT2D eigenvalue weighted by Crippen LogP contribution is 2.28. The number of hydrogen-bond donors (Lipinski definition) is 1. The lowest BCUT2D eigenvalue weighted by molar-refractivity contribution is -0.158. The minimum absolute atomic E-state index is 0.248. The van der Waals surface area contributed by atoms with Crippen LogP contribution in [0.5, 0.6) is 5.75 Å². The zero-order chi connectivity index (χ0) is 19.3. The van der Waals surface area contributed by atoms with Gasteiger partial charge in [0.05, 0.1) is 10.9 Å². The quantitative estimate of drug-likeness (QED) is 0.733. The van der Waals surface area contributed by atoms with Gasteiger partial charge in [-0.15, -0.1) is 0 Å². The molecule has 1 aromatic carbocycles. The lowest BCUT2D eigenvalue weighted by Crippen LogP contribution is -2.45. The molecule has 1 aliphatic heterocycles. The topological polar surface area (TPSA) is 98.9 Å². The average molecular weight is 403 g/mol. The van der Waals surface area contributed by atoms with Crippen LogP contribution in [0.3, 0.4) is 0 Å². The molecular formula is C17H20Cl2N2O5. The minimum Gasteiger partial charge on any atom is -0.477 e. The number of nitrogens with two attached hydrogens (primary N) is 1. The Bertz CT molecular complexity index is 698. The van der Waals surface area contributed by atoms with Crippen molar-refractivity contribution in [2.24, 2.45) is 11.7 Å². The summed E-state index contributed by atoms with van der Waals surface area (Å²) in [4.78, 5) is 36.9. The summed E-state index contributed by atoms with van der Waals surface area (Å²) in [6.45, 7) is 1.82. The minimum atomic E-state index is -0.957. The molecule has 142 valence electrons. The molecule has 1 heterocycles. The molecule has 0 radical (unpaired) electrons. The molecule has 1 saturated heterocycles. The van der Waals surface area contributed by atoms with E-state index in [1.165, 1.54) is 24.0 Å². The summed E-state index contributed by atoms with van der Waals surface area (Å²) in [5.74, 6) is -1.58. The number of amides is 2. The Morgan fingerprint density at radius 1 is 1.35 bits per heavy atom. The maximum Gasteiger partial charge on any atom is 0.347 e. The van der Waals surface area contributed by atoms with Crippen LogP contribution in [0.15, 0.2) is 18.2 Å². The molecule has 9 heteroatoms. The zero-order valence-electron chi connectivity index (χ0n) is 14.2. The Hall–Kier alpha value is -1.99. The molecule has 0 bridgehead atoms. The number of carbonyl (C=O) groups excluding carboxylic acids is 3. The molecule has 2 atom stereocenters. The van der Waals surface area contributed by atoms with Gasteiger partial charge in [-0.2, -0.15) is 0 Å². The van der Waals surface area contributed by atoms with Crippen LogP contribution < -0.4 is 10.5 Å². The number of halogens is 2. The average Bonchev–Trinajstić information content (AvgIpc) is 2.61. The van der Waals surface area contributed by atoms with Crippen molar-refractivity contribution in [3.05, 3.63) is 28.2 Å². The fourth-order valence-corrected chi connectivity index (χ4v) is 3.04. The third-order valence-corrected chi connectivity index (χ3v) is 4.57. The highest BCUT2D eigenvalue weighted by atomic mass is 35.5. The van der Waals surface area contributed by atoms with Gasteiger partial charge in [0.25, 0.3) is 5.91 Å². The lowest BCUT2D eigenvalue weighted by atomic mass is 9.97. The second kappa shape index (κ2) is 9.09. The number of carbonyl (C=O) groups is 3. The third-order valence-electron chi connectivity index (χ3n) is 4.04. The molecule has 0 aliphatic carbocycles. The summed E-state index contributed by atoms with van der Waals surface area (Å²) in [6.07, 6.45) is 0.384. The second-order valence-electron chi connectivity index (χ2n) is 6.02. The number of hydrogen-bond acceptors (Lipinski definition) is 5. The highest BCUT2D eigenvalue weighted by molar-refractivity contribution is 6.35. The second-order valence-corrected chi connectivity index (χ2v) is 6.87. The van der Waals surface area contributed by atoms with Crippen molar-refractivity contribution >= 4 is 41.0 Å². The molecule has 2 amide bonds. The molecule has 7 nitrogen and oxygen atoms in total. The molecule has 2 rings (SSSR count). The first-order valence-corrected chi connectivity index (χ1v) is 8.89. The Kier molecular flexibility index (Phi) is 7.11. The number of likely N-dealkylation sites (tertiary alicyclic amines) is 1. The van der Waals surface area contributed by atoms with Crippen molar-refractivity contribution in [2.75, 3.05) is 19.7 Å². The molecule has 1 fully saturated rings. The molecule has 0 aromatic heterocycles. The summed E-state index contributed by atoms with van der Waals surface area (Å²) in [5.41, 5.74) is 5.29. The maximum absolute atomic E-state index is 12.2. The third kappa shape index (κ3) is 5.51. The van der Waals surface area contributed by atoms with Gasteiger partial charge in [0.2, 0.25) is 5.91 Å². The molecule has 26 heavy (non-hydrogen) atoms.